The molecule has 0 aliphatic rings. The summed E-state index contributed by atoms with van der Waals surface area (Å²) in [6, 6.07) is 5.85. The van der Waals surface area contributed by atoms with E-state index in [1.165, 1.54) is 11.1 Å². The van der Waals surface area contributed by atoms with Gasteiger partial charge in [0.25, 0.3) is 0 Å². The second kappa shape index (κ2) is 5.93. The highest BCUT2D eigenvalue weighted by atomic mass is 32.2. The van der Waals surface area contributed by atoms with Crippen LogP contribution in [0.15, 0.2) is 18.2 Å². The molecule has 3 heteroatoms. The Morgan fingerprint density at radius 2 is 2.07 bits per heavy atom. The summed E-state index contributed by atoms with van der Waals surface area (Å²) in [4.78, 5) is 11.7. The number of carbonyl (C=O) groups is 1. The second-order valence-corrected chi connectivity index (χ2v) is 4.67. The molecule has 0 radical (unpaired) electrons. The zero-order valence-corrected chi connectivity index (χ0v) is 10.1. The zero-order valence-electron chi connectivity index (χ0n) is 9.25. The first kappa shape index (κ1) is 12.3. The standard InChI is InChI=1S/C12H17NOS/c1-9-3-4-11(7-10(9)2)12(14)8-15-6-5-13/h3-4,7H,5-6,8,13H2,1-2H3. The summed E-state index contributed by atoms with van der Waals surface area (Å²) < 4.78 is 0. The average Bonchev–Trinajstić information content (AvgIpc) is 2.22. The number of ketones is 1. The van der Waals surface area contributed by atoms with E-state index < -0.39 is 0 Å². The third-order valence-electron chi connectivity index (χ3n) is 2.32. The molecule has 0 aliphatic heterocycles. The molecule has 0 atom stereocenters. The maximum absolute atomic E-state index is 11.7. The first-order valence-electron chi connectivity index (χ1n) is 5.03. The lowest BCUT2D eigenvalue weighted by Gasteiger charge is -2.04. The molecule has 0 aliphatic carbocycles. The van der Waals surface area contributed by atoms with Crippen molar-refractivity contribution in [2.45, 2.75) is 13.8 Å². The number of hydrogen-bond donors (Lipinski definition) is 1. The molecule has 0 bridgehead atoms. The summed E-state index contributed by atoms with van der Waals surface area (Å²) in [7, 11) is 0. The van der Waals surface area contributed by atoms with Crippen LogP contribution in [0.2, 0.25) is 0 Å². The summed E-state index contributed by atoms with van der Waals surface area (Å²) in [6.07, 6.45) is 0. The van der Waals surface area contributed by atoms with Crippen molar-refractivity contribution in [3.05, 3.63) is 34.9 Å². The van der Waals surface area contributed by atoms with Crippen LogP contribution in [0.1, 0.15) is 21.5 Å². The smallest absolute Gasteiger partial charge is 0.172 e. The Hall–Kier alpha value is -0.800. The summed E-state index contributed by atoms with van der Waals surface area (Å²) in [6.45, 7) is 4.71. The molecule has 0 spiro atoms. The number of benzene rings is 1. The fourth-order valence-corrected chi connectivity index (χ4v) is 1.91. The van der Waals surface area contributed by atoms with E-state index in [0.717, 1.165) is 11.3 Å². The largest absolute Gasteiger partial charge is 0.330 e. The fourth-order valence-electron chi connectivity index (χ4n) is 1.25. The Morgan fingerprint density at radius 1 is 1.33 bits per heavy atom. The van der Waals surface area contributed by atoms with E-state index in [1.54, 1.807) is 11.8 Å². The van der Waals surface area contributed by atoms with E-state index >= 15 is 0 Å². The lowest BCUT2D eigenvalue weighted by Crippen LogP contribution is -2.07. The van der Waals surface area contributed by atoms with E-state index in [0.29, 0.717) is 12.3 Å². The van der Waals surface area contributed by atoms with Gasteiger partial charge in [0.15, 0.2) is 5.78 Å². The zero-order chi connectivity index (χ0) is 11.3. The Morgan fingerprint density at radius 3 is 2.67 bits per heavy atom. The van der Waals surface area contributed by atoms with Crippen LogP contribution in [0.3, 0.4) is 0 Å². The van der Waals surface area contributed by atoms with Gasteiger partial charge in [0.05, 0.1) is 5.75 Å². The molecule has 0 saturated heterocycles. The molecular formula is C12H17NOS. The first-order chi connectivity index (χ1) is 7.15. The van der Waals surface area contributed by atoms with E-state index in [1.807, 2.05) is 32.0 Å². The van der Waals surface area contributed by atoms with Gasteiger partial charge >= 0.3 is 0 Å². The maximum Gasteiger partial charge on any atom is 0.172 e. The normalized spacial score (nSPS) is 10.3. The quantitative estimate of drug-likeness (QED) is 0.614. The van der Waals surface area contributed by atoms with Gasteiger partial charge in [0.2, 0.25) is 0 Å². The van der Waals surface area contributed by atoms with E-state index in [2.05, 4.69) is 0 Å². The molecule has 2 nitrogen and oxygen atoms in total. The van der Waals surface area contributed by atoms with Crippen molar-refractivity contribution in [1.29, 1.82) is 0 Å². The molecule has 0 heterocycles. The van der Waals surface area contributed by atoms with Crippen molar-refractivity contribution in [3.8, 4) is 0 Å². The Bertz CT molecular complexity index is 349. The lowest BCUT2D eigenvalue weighted by atomic mass is 10.0. The molecule has 1 aromatic carbocycles. The van der Waals surface area contributed by atoms with Gasteiger partial charge < -0.3 is 5.73 Å². The van der Waals surface area contributed by atoms with Crippen LogP contribution in [0.5, 0.6) is 0 Å². The topological polar surface area (TPSA) is 43.1 Å². The highest BCUT2D eigenvalue weighted by molar-refractivity contribution is 8.00. The van der Waals surface area contributed by atoms with E-state index in [4.69, 9.17) is 5.73 Å². The van der Waals surface area contributed by atoms with E-state index in [9.17, 15) is 4.79 Å². The maximum atomic E-state index is 11.7. The van der Waals surface area contributed by atoms with Gasteiger partial charge in [-0.1, -0.05) is 12.1 Å². The van der Waals surface area contributed by atoms with Crippen molar-refractivity contribution >= 4 is 17.5 Å². The summed E-state index contributed by atoms with van der Waals surface area (Å²) in [5, 5.41) is 0. The van der Waals surface area contributed by atoms with Crippen molar-refractivity contribution in [2.75, 3.05) is 18.1 Å². The third-order valence-corrected chi connectivity index (χ3v) is 3.31. The molecule has 1 aromatic rings. The first-order valence-corrected chi connectivity index (χ1v) is 6.19. The molecule has 0 aromatic heterocycles. The predicted octanol–water partition coefficient (Wildman–Crippen LogP) is 2.18. The summed E-state index contributed by atoms with van der Waals surface area (Å²) in [5.74, 6) is 1.56. The number of nitrogens with two attached hydrogens (primary N) is 1. The minimum atomic E-state index is 0.191. The van der Waals surface area contributed by atoms with Crippen LogP contribution in [0, 0.1) is 13.8 Å². The van der Waals surface area contributed by atoms with Crippen molar-refractivity contribution in [2.24, 2.45) is 5.73 Å². The lowest BCUT2D eigenvalue weighted by molar-refractivity contribution is 0.102. The van der Waals surface area contributed by atoms with Gasteiger partial charge in [-0.15, -0.1) is 0 Å². The third kappa shape index (κ3) is 3.68. The minimum Gasteiger partial charge on any atom is -0.330 e. The molecule has 0 saturated carbocycles. The number of hydrogen-bond acceptors (Lipinski definition) is 3. The average molecular weight is 223 g/mol. The Kier molecular flexibility index (Phi) is 4.85. The van der Waals surface area contributed by atoms with Gasteiger partial charge in [0, 0.05) is 17.9 Å². The van der Waals surface area contributed by atoms with Gasteiger partial charge in [-0.25, -0.2) is 0 Å². The van der Waals surface area contributed by atoms with Crippen LogP contribution in [0.4, 0.5) is 0 Å². The van der Waals surface area contributed by atoms with Crippen LogP contribution in [-0.2, 0) is 0 Å². The number of Topliss-reactive ketones (excluding diaryl/α,β-unsaturated/α-hetero) is 1. The molecular weight excluding hydrogens is 206 g/mol. The molecule has 0 unspecified atom stereocenters. The molecule has 0 fully saturated rings. The molecule has 1 rings (SSSR count). The Labute approximate surface area is 95.2 Å². The number of carbonyl (C=O) groups excluding carboxylic acids is 1. The monoisotopic (exact) mass is 223 g/mol. The fraction of sp³-hybridized carbons (Fsp3) is 0.417. The van der Waals surface area contributed by atoms with Crippen LogP contribution in [0.25, 0.3) is 0 Å². The Balaban J connectivity index is 2.62. The SMILES string of the molecule is Cc1ccc(C(=O)CSCCN)cc1C. The minimum absolute atomic E-state index is 0.191. The van der Waals surface area contributed by atoms with Crippen LogP contribution in [-0.4, -0.2) is 23.8 Å². The van der Waals surface area contributed by atoms with Crippen molar-refractivity contribution < 1.29 is 4.79 Å². The molecule has 2 N–H and O–H groups in total. The van der Waals surface area contributed by atoms with Crippen molar-refractivity contribution in [3.63, 3.8) is 0 Å². The summed E-state index contributed by atoms with van der Waals surface area (Å²) >= 11 is 1.59. The van der Waals surface area contributed by atoms with E-state index in [-0.39, 0.29) is 5.78 Å². The van der Waals surface area contributed by atoms with Gasteiger partial charge in [0.1, 0.15) is 0 Å². The summed E-state index contributed by atoms with van der Waals surface area (Å²) in [5.41, 5.74) is 8.57. The number of aryl methyl sites for hydroxylation is 2. The molecule has 0 amide bonds. The van der Waals surface area contributed by atoms with Crippen LogP contribution < -0.4 is 5.73 Å². The highest BCUT2D eigenvalue weighted by Gasteiger charge is 2.06. The second-order valence-electron chi connectivity index (χ2n) is 3.56. The predicted molar refractivity (Wildman–Crippen MR) is 66.6 cm³/mol. The number of rotatable bonds is 5. The van der Waals surface area contributed by atoms with Gasteiger partial charge in [-0.3, -0.25) is 4.79 Å². The molecule has 15 heavy (non-hydrogen) atoms. The number of thioether (sulfide) groups is 1. The molecule has 82 valence electrons. The van der Waals surface area contributed by atoms with Gasteiger partial charge in [-0.2, -0.15) is 11.8 Å². The van der Waals surface area contributed by atoms with Crippen molar-refractivity contribution in [1.82, 2.24) is 0 Å². The highest BCUT2D eigenvalue weighted by Crippen LogP contribution is 2.12. The van der Waals surface area contributed by atoms with Crippen LogP contribution >= 0.6 is 11.8 Å². The van der Waals surface area contributed by atoms with Gasteiger partial charge in [-0.05, 0) is 31.0 Å².